The molecule has 4 aliphatic heterocycles. The van der Waals surface area contributed by atoms with Gasteiger partial charge in [-0.1, -0.05) is 12.1 Å². The van der Waals surface area contributed by atoms with E-state index in [1.165, 1.54) is 46.6 Å². The average Bonchev–Trinajstić information content (AvgIpc) is 3.54. The van der Waals surface area contributed by atoms with Crippen molar-refractivity contribution in [3.8, 4) is 0 Å². The zero-order valence-corrected chi connectivity index (χ0v) is 17.8. The molecule has 0 aromatic carbocycles. The number of fused-ring (bicyclic) bond motifs is 5. The second-order valence-electron chi connectivity index (χ2n) is 8.09. The van der Waals surface area contributed by atoms with Crippen molar-refractivity contribution in [2.75, 3.05) is 14.1 Å². The van der Waals surface area contributed by atoms with Gasteiger partial charge >= 0.3 is 0 Å². The molecule has 0 bridgehead atoms. The van der Waals surface area contributed by atoms with E-state index in [4.69, 9.17) is 0 Å². The fraction of sp³-hybridized carbons (Fsp3) is 0.400. The summed E-state index contributed by atoms with van der Waals surface area (Å²) < 4.78 is 0. The van der Waals surface area contributed by atoms with Crippen molar-refractivity contribution in [1.29, 1.82) is 0 Å². The first kappa shape index (κ1) is 18.4. The molecule has 0 spiro atoms. The van der Waals surface area contributed by atoms with Gasteiger partial charge in [0.25, 0.3) is 0 Å². The lowest BCUT2D eigenvalue weighted by atomic mass is 9.88. The van der Waals surface area contributed by atoms with Crippen molar-refractivity contribution in [1.82, 2.24) is 19.8 Å². The molecule has 10 heteroatoms. The number of carbonyl (C=O) groups excluding carboxylic acids is 4. The number of likely N-dealkylation sites (tertiary alicyclic amines) is 2. The minimum Gasteiger partial charge on any atom is -0.284 e. The number of hydrazine groups is 1. The van der Waals surface area contributed by atoms with Gasteiger partial charge in [0.2, 0.25) is 23.6 Å². The fourth-order valence-electron chi connectivity index (χ4n) is 5.59. The zero-order valence-electron chi connectivity index (χ0n) is 16.2. The van der Waals surface area contributed by atoms with Crippen LogP contribution in [0.3, 0.4) is 0 Å². The molecule has 2 aromatic rings. The summed E-state index contributed by atoms with van der Waals surface area (Å²) in [5.41, 5.74) is 0. The van der Waals surface area contributed by atoms with E-state index >= 15 is 0 Å². The van der Waals surface area contributed by atoms with Gasteiger partial charge in [-0.3, -0.25) is 29.0 Å². The van der Waals surface area contributed by atoms with E-state index < -0.39 is 36.0 Å². The highest BCUT2D eigenvalue weighted by Gasteiger charge is 2.73. The number of rotatable bonds is 2. The van der Waals surface area contributed by atoms with E-state index in [9.17, 15) is 19.2 Å². The van der Waals surface area contributed by atoms with Gasteiger partial charge < -0.3 is 0 Å². The maximum Gasteiger partial charge on any atom is 0.248 e. The minimum atomic E-state index is -0.710. The normalized spacial score (nSPS) is 36.2. The monoisotopic (exact) mass is 442 g/mol. The predicted molar refractivity (Wildman–Crippen MR) is 108 cm³/mol. The van der Waals surface area contributed by atoms with Crippen molar-refractivity contribution in [2.24, 2.45) is 11.8 Å². The Bertz CT molecular complexity index is 998. The van der Waals surface area contributed by atoms with E-state index in [0.717, 1.165) is 9.75 Å². The summed E-state index contributed by atoms with van der Waals surface area (Å²) >= 11 is 3.00. The van der Waals surface area contributed by atoms with E-state index in [1.807, 2.05) is 45.0 Å². The topological polar surface area (TPSA) is 81.2 Å². The fourth-order valence-corrected chi connectivity index (χ4v) is 7.32. The summed E-state index contributed by atoms with van der Waals surface area (Å²) in [5, 5.41) is 7.64. The number of hydrogen-bond donors (Lipinski definition) is 0. The summed E-state index contributed by atoms with van der Waals surface area (Å²) in [6, 6.07) is 5.36. The Morgan fingerprint density at radius 2 is 1.03 bits per heavy atom. The minimum absolute atomic E-state index is 0.232. The van der Waals surface area contributed by atoms with Crippen LogP contribution >= 0.6 is 22.7 Å². The number of nitrogens with zero attached hydrogens (tertiary/aromatic N) is 4. The molecule has 0 radical (unpaired) electrons. The van der Waals surface area contributed by atoms with Crippen molar-refractivity contribution in [3.05, 3.63) is 44.8 Å². The second kappa shape index (κ2) is 6.07. The van der Waals surface area contributed by atoms with Gasteiger partial charge in [-0.15, -0.1) is 22.7 Å². The van der Waals surface area contributed by atoms with Gasteiger partial charge in [-0.25, -0.2) is 10.0 Å². The van der Waals surface area contributed by atoms with Crippen molar-refractivity contribution < 1.29 is 19.2 Å². The van der Waals surface area contributed by atoms with Crippen molar-refractivity contribution >= 4 is 46.3 Å². The molecule has 6 rings (SSSR count). The van der Waals surface area contributed by atoms with Crippen LogP contribution in [0, 0.1) is 11.8 Å². The molecule has 30 heavy (non-hydrogen) atoms. The lowest BCUT2D eigenvalue weighted by Gasteiger charge is -2.34. The third-order valence-corrected chi connectivity index (χ3v) is 8.72. The van der Waals surface area contributed by atoms with Crippen LogP contribution in [0.2, 0.25) is 0 Å². The Balaban J connectivity index is 1.59. The lowest BCUT2D eigenvalue weighted by molar-refractivity contribution is -0.151. The summed E-state index contributed by atoms with van der Waals surface area (Å²) in [4.78, 5) is 56.8. The molecule has 0 aliphatic carbocycles. The summed E-state index contributed by atoms with van der Waals surface area (Å²) in [7, 11) is 3.03. The van der Waals surface area contributed by atoms with Gasteiger partial charge in [-0.2, -0.15) is 0 Å². The number of amides is 4. The second-order valence-corrected chi connectivity index (χ2v) is 10.1. The van der Waals surface area contributed by atoms with Crippen LogP contribution in [0.1, 0.15) is 21.8 Å². The molecular formula is C20H18N4O4S2. The largest absolute Gasteiger partial charge is 0.284 e. The van der Waals surface area contributed by atoms with E-state index in [-0.39, 0.29) is 23.6 Å². The number of hydrogen-bond acceptors (Lipinski definition) is 8. The SMILES string of the molecule is CN1C(=O)[C@H]2[C@@H](C1=O)N1[C@H](c3cccs3)[C@H]3C(=O)N(C)C(=O)[C@H]3N1[C@@H]2c1cccs1. The number of imide groups is 2. The van der Waals surface area contributed by atoms with Gasteiger partial charge in [0, 0.05) is 23.8 Å². The first-order chi connectivity index (χ1) is 14.4. The standard InChI is InChI=1S/C20H18N4O4S2/c1-21-17(25)11-13(9-5-3-7-29-9)24-16-12(18(26)22(2)20(16)28)14(10-6-4-8-30-10)23(24)15(11)19(21)27/h3-8,11-16H,1-2H3/t11-,12-,13-,14-,15+,16+/m1/s1. The molecule has 0 unspecified atom stereocenters. The van der Waals surface area contributed by atoms with Gasteiger partial charge in [-0.05, 0) is 22.9 Å². The average molecular weight is 443 g/mol. The van der Waals surface area contributed by atoms with Gasteiger partial charge in [0.05, 0.1) is 23.9 Å². The lowest BCUT2D eigenvalue weighted by Crippen LogP contribution is -2.48. The zero-order chi connectivity index (χ0) is 20.9. The number of carbonyl (C=O) groups is 4. The van der Waals surface area contributed by atoms with Crippen LogP contribution < -0.4 is 0 Å². The third-order valence-electron chi connectivity index (χ3n) is 6.84. The molecule has 6 heterocycles. The molecule has 154 valence electrons. The first-order valence-electron chi connectivity index (χ1n) is 9.69. The highest BCUT2D eigenvalue weighted by Crippen LogP contribution is 2.59. The maximum absolute atomic E-state index is 13.2. The Morgan fingerprint density at radius 1 is 0.633 bits per heavy atom. The van der Waals surface area contributed by atoms with Crippen LogP contribution in [0.15, 0.2) is 35.0 Å². The smallest absolute Gasteiger partial charge is 0.248 e. The van der Waals surface area contributed by atoms with Crippen LogP contribution in [-0.4, -0.2) is 69.6 Å². The molecule has 4 fully saturated rings. The number of likely N-dealkylation sites (N-methyl/N-ethyl adjacent to an activating group) is 2. The molecule has 4 aliphatic rings. The molecule has 4 saturated heterocycles. The molecule has 8 nitrogen and oxygen atoms in total. The van der Waals surface area contributed by atoms with E-state index in [2.05, 4.69) is 0 Å². The van der Waals surface area contributed by atoms with Crippen LogP contribution in [0.5, 0.6) is 0 Å². The summed E-state index contributed by atoms with van der Waals surface area (Å²) in [5.74, 6) is -2.21. The Labute approximate surface area is 180 Å². The maximum atomic E-state index is 13.2. The predicted octanol–water partition coefficient (Wildman–Crippen LogP) is 1.10. The van der Waals surface area contributed by atoms with Crippen molar-refractivity contribution in [2.45, 2.75) is 24.2 Å². The molecular weight excluding hydrogens is 424 g/mol. The molecule has 0 N–H and O–H groups in total. The van der Waals surface area contributed by atoms with E-state index in [1.54, 1.807) is 0 Å². The third kappa shape index (κ3) is 2.02. The molecule has 4 amide bonds. The van der Waals surface area contributed by atoms with Gasteiger partial charge in [0.1, 0.15) is 12.1 Å². The number of thiophene rings is 2. The van der Waals surface area contributed by atoms with Gasteiger partial charge in [0.15, 0.2) is 0 Å². The Morgan fingerprint density at radius 3 is 1.37 bits per heavy atom. The Kier molecular flexibility index (Phi) is 3.72. The molecule has 0 saturated carbocycles. The van der Waals surface area contributed by atoms with Crippen LogP contribution in [0.25, 0.3) is 0 Å². The highest BCUT2D eigenvalue weighted by atomic mass is 32.1. The molecule has 2 aromatic heterocycles. The summed E-state index contributed by atoms with van der Waals surface area (Å²) in [6.45, 7) is 0. The summed E-state index contributed by atoms with van der Waals surface area (Å²) in [6.07, 6.45) is 0. The van der Waals surface area contributed by atoms with Crippen LogP contribution in [0.4, 0.5) is 0 Å². The van der Waals surface area contributed by atoms with Crippen LogP contribution in [-0.2, 0) is 19.2 Å². The molecule has 6 atom stereocenters. The highest BCUT2D eigenvalue weighted by molar-refractivity contribution is 7.10. The van der Waals surface area contributed by atoms with Crippen molar-refractivity contribution in [3.63, 3.8) is 0 Å². The van der Waals surface area contributed by atoms with E-state index in [0.29, 0.717) is 0 Å². The Hall–Kier alpha value is -2.40. The quantitative estimate of drug-likeness (QED) is 0.648. The first-order valence-corrected chi connectivity index (χ1v) is 11.5.